The Balaban J connectivity index is 2.36. The van der Waals surface area contributed by atoms with Crippen LogP contribution in [-0.4, -0.2) is 24.8 Å². The summed E-state index contributed by atoms with van der Waals surface area (Å²) in [5.74, 6) is 0. The molecular weight excluding hydrogens is 193 g/mol. The molecule has 13 heavy (non-hydrogen) atoms. The van der Waals surface area contributed by atoms with Crippen molar-refractivity contribution in [1.82, 2.24) is 4.98 Å². The predicted octanol–water partition coefficient (Wildman–Crippen LogP) is 0.966. The Hall–Kier alpha value is -0.970. The lowest BCUT2D eigenvalue weighted by Gasteiger charge is -1.99. The van der Waals surface area contributed by atoms with Crippen LogP contribution < -0.4 is 0 Å². The maximum atomic E-state index is 12.5. The molecule has 1 aromatic rings. The van der Waals surface area contributed by atoms with Crippen molar-refractivity contribution in [2.24, 2.45) is 0 Å². The molecule has 0 aromatic carbocycles. The molecule has 0 amide bonds. The zero-order valence-electron chi connectivity index (χ0n) is 6.72. The second-order valence-corrected chi connectivity index (χ2v) is 5.12. The summed E-state index contributed by atoms with van der Waals surface area (Å²) in [5, 5.41) is -0.887. The van der Waals surface area contributed by atoms with Crippen molar-refractivity contribution in [2.75, 3.05) is 0 Å². The van der Waals surface area contributed by atoms with Crippen LogP contribution in [0.25, 0.3) is 0 Å². The highest BCUT2D eigenvalue weighted by Crippen LogP contribution is 2.35. The standard InChI is InChI=1S/C8H8FNO2S/c9-6-5-7(6)13(11,12)8-3-1-2-4-10-8/h1-4,6-7H,5H2/t6-,7-/m0/s1. The van der Waals surface area contributed by atoms with E-state index in [-0.39, 0.29) is 11.4 Å². The number of aromatic nitrogens is 1. The van der Waals surface area contributed by atoms with Gasteiger partial charge in [-0.3, -0.25) is 0 Å². The average molecular weight is 201 g/mol. The van der Waals surface area contributed by atoms with Crippen LogP contribution in [-0.2, 0) is 9.84 Å². The van der Waals surface area contributed by atoms with Crippen molar-refractivity contribution in [3.05, 3.63) is 24.4 Å². The minimum Gasteiger partial charge on any atom is -0.246 e. The Morgan fingerprint density at radius 2 is 2.15 bits per heavy atom. The van der Waals surface area contributed by atoms with E-state index in [1.54, 1.807) is 12.1 Å². The van der Waals surface area contributed by atoms with E-state index in [0.29, 0.717) is 0 Å². The molecule has 1 heterocycles. The molecule has 2 atom stereocenters. The average Bonchev–Trinajstić information content (AvgIpc) is 2.85. The summed E-state index contributed by atoms with van der Waals surface area (Å²) < 4.78 is 35.6. The lowest BCUT2D eigenvalue weighted by molar-refractivity contribution is 0.476. The lowest BCUT2D eigenvalue weighted by atomic mass is 10.5. The Labute approximate surface area is 75.5 Å². The molecule has 3 nitrogen and oxygen atoms in total. The van der Waals surface area contributed by atoms with Gasteiger partial charge in [-0.25, -0.2) is 17.8 Å². The van der Waals surface area contributed by atoms with Crippen molar-refractivity contribution in [1.29, 1.82) is 0 Å². The van der Waals surface area contributed by atoms with Crippen LogP contribution >= 0.6 is 0 Å². The zero-order valence-corrected chi connectivity index (χ0v) is 7.54. The van der Waals surface area contributed by atoms with Crippen molar-refractivity contribution in [3.8, 4) is 0 Å². The Morgan fingerprint density at radius 3 is 2.62 bits per heavy atom. The molecule has 1 aliphatic carbocycles. The van der Waals surface area contributed by atoms with Gasteiger partial charge in [-0.05, 0) is 18.6 Å². The van der Waals surface area contributed by atoms with Gasteiger partial charge in [0.25, 0.3) is 0 Å². The van der Waals surface area contributed by atoms with Crippen molar-refractivity contribution < 1.29 is 12.8 Å². The number of hydrogen-bond donors (Lipinski definition) is 0. The van der Waals surface area contributed by atoms with Gasteiger partial charge in [0, 0.05) is 6.20 Å². The van der Waals surface area contributed by atoms with Gasteiger partial charge in [0.1, 0.15) is 11.4 Å². The van der Waals surface area contributed by atoms with E-state index in [1.165, 1.54) is 12.3 Å². The molecular formula is C8H8FNO2S. The summed E-state index contributed by atoms with van der Waals surface area (Å²) in [4.78, 5) is 3.69. The minimum absolute atomic E-state index is 0.0276. The van der Waals surface area contributed by atoms with E-state index >= 15 is 0 Å². The Kier molecular flexibility index (Phi) is 1.83. The summed E-state index contributed by atoms with van der Waals surface area (Å²) in [6.07, 6.45) is 0.300. The van der Waals surface area contributed by atoms with E-state index in [1.807, 2.05) is 0 Å². The highest BCUT2D eigenvalue weighted by molar-refractivity contribution is 7.92. The SMILES string of the molecule is O=S(=O)(c1ccccn1)[C@H]1C[C@@H]1F. The maximum absolute atomic E-state index is 12.5. The fourth-order valence-electron chi connectivity index (χ4n) is 1.13. The first kappa shape index (κ1) is 8.62. The summed E-state index contributed by atoms with van der Waals surface area (Å²) in [6.45, 7) is 0. The highest BCUT2D eigenvalue weighted by Gasteiger charge is 2.49. The first-order chi connectivity index (χ1) is 6.12. The normalized spacial score (nSPS) is 27.2. The fraction of sp³-hybridized carbons (Fsp3) is 0.375. The third-order valence-corrected chi connectivity index (χ3v) is 4.10. The molecule has 5 heteroatoms. The molecule has 1 aliphatic rings. The van der Waals surface area contributed by atoms with Gasteiger partial charge in [0.05, 0.1) is 0 Å². The smallest absolute Gasteiger partial charge is 0.201 e. The van der Waals surface area contributed by atoms with E-state index < -0.39 is 21.3 Å². The molecule has 1 aromatic heterocycles. The van der Waals surface area contributed by atoms with Crippen molar-refractivity contribution in [2.45, 2.75) is 22.9 Å². The van der Waals surface area contributed by atoms with E-state index in [9.17, 15) is 12.8 Å². The van der Waals surface area contributed by atoms with Gasteiger partial charge in [0.2, 0.25) is 9.84 Å². The Bertz CT molecular complexity index is 403. The second kappa shape index (κ2) is 2.77. The highest BCUT2D eigenvalue weighted by atomic mass is 32.2. The monoisotopic (exact) mass is 201 g/mol. The predicted molar refractivity (Wildman–Crippen MR) is 44.7 cm³/mol. The van der Waals surface area contributed by atoms with Gasteiger partial charge in [-0.15, -0.1) is 0 Å². The fourth-order valence-corrected chi connectivity index (χ4v) is 2.75. The van der Waals surface area contributed by atoms with E-state index in [2.05, 4.69) is 4.98 Å². The minimum atomic E-state index is -3.50. The van der Waals surface area contributed by atoms with Gasteiger partial charge in [-0.2, -0.15) is 0 Å². The van der Waals surface area contributed by atoms with Gasteiger partial charge in [-0.1, -0.05) is 6.07 Å². The molecule has 1 saturated carbocycles. The number of sulfone groups is 1. The quantitative estimate of drug-likeness (QED) is 0.716. The molecule has 0 radical (unpaired) electrons. The number of halogens is 1. The number of nitrogens with zero attached hydrogens (tertiary/aromatic N) is 1. The lowest BCUT2D eigenvalue weighted by Crippen LogP contribution is -2.11. The topological polar surface area (TPSA) is 47.0 Å². The number of rotatable bonds is 2. The van der Waals surface area contributed by atoms with Crippen LogP contribution in [0.3, 0.4) is 0 Å². The van der Waals surface area contributed by atoms with E-state index in [4.69, 9.17) is 0 Å². The third-order valence-electron chi connectivity index (χ3n) is 1.99. The second-order valence-electron chi connectivity index (χ2n) is 3.00. The van der Waals surface area contributed by atoms with Crippen LogP contribution in [0.1, 0.15) is 6.42 Å². The Morgan fingerprint density at radius 1 is 1.46 bits per heavy atom. The van der Waals surface area contributed by atoms with Crippen LogP contribution in [0, 0.1) is 0 Å². The molecule has 0 spiro atoms. The van der Waals surface area contributed by atoms with Gasteiger partial charge in [0.15, 0.2) is 5.03 Å². The first-order valence-electron chi connectivity index (χ1n) is 3.91. The van der Waals surface area contributed by atoms with Crippen LogP contribution in [0.2, 0.25) is 0 Å². The summed E-state index contributed by atoms with van der Waals surface area (Å²) in [5.41, 5.74) is 0. The number of pyridine rings is 1. The molecule has 0 aliphatic heterocycles. The molecule has 70 valence electrons. The molecule has 0 N–H and O–H groups in total. The largest absolute Gasteiger partial charge is 0.246 e. The molecule has 1 fully saturated rings. The van der Waals surface area contributed by atoms with Crippen LogP contribution in [0.5, 0.6) is 0 Å². The van der Waals surface area contributed by atoms with Crippen LogP contribution in [0.4, 0.5) is 4.39 Å². The van der Waals surface area contributed by atoms with E-state index in [0.717, 1.165) is 0 Å². The third kappa shape index (κ3) is 1.44. The molecule has 0 bridgehead atoms. The van der Waals surface area contributed by atoms with Crippen LogP contribution in [0.15, 0.2) is 29.4 Å². The van der Waals surface area contributed by atoms with Gasteiger partial charge >= 0.3 is 0 Å². The van der Waals surface area contributed by atoms with Crippen molar-refractivity contribution in [3.63, 3.8) is 0 Å². The molecule has 2 rings (SSSR count). The number of alkyl halides is 1. The maximum Gasteiger partial charge on any atom is 0.201 e. The van der Waals surface area contributed by atoms with Gasteiger partial charge < -0.3 is 0 Å². The zero-order chi connectivity index (χ0) is 9.47. The van der Waals surface area contributed by atoms with Crippen molar-refractivity contribution >= 4 is 9.84 Å². The first-order valence-corrected chi connectivity index (χ1v) is 5.46. The summed E-state index contributed by atoms with van der Waals surface area (Å²) >= 11 is 0. The summed E-state index contributed by atoms with van der Waals surface area (Å²) in [6, 6.07) is 4.59. The molecule has 0 unspecified atom stereocenters. The molecule has 0 saturated heterocycles. The summed E-state index contributed by atoms with van der Waals surface area (Å²) in [7, 11) is -3.50. The number of hydrogen-bond acceptors (Lipinski definition) is 3.